The number of guanidine groups is 1. The van der Waals surface area contributed by atoms with Crippen LogP contribution in [-0.2, 0) is 11.3 Å². The Kier molecular flexibility index (Phi) is 5.79. The van der Waals surface area contributed by atoms with Gasteiger partial charge >= 0.3 is 0 Å². The number of hydrogen-bond acceptors (Lipinski definition) is 5. The normalized spacial score (nSPS) is 15.4. The van der Waals surface area contributed by atoms with Gasteiger partial charge in [-0.15, -0.1) is 0 Å². The van der Waals surface area contributed by atoms with Gasteiger partial charge in [0.25, 0.3) is 0 Å². The Morgan fingerprint density at radius 3 is 2.95 bits per heavy atom. The number of nitrogens with one attached hydrogen (secondary N) is 2. The van der Waals surface area contributed by atoms with Gasteiger partial charge in [-0.25, -0.2) is 0 Å². The van der Waals surface area contributed by atoms with E-state index in [0.717, 1.165) is 38.1 Å². The molecule has 0 unspecified atom stereocenters. The van der Waals surface area contributed by atoms with Crippen LogP contribution in [0.3, 0.4) is 0 Å². The summed E-state index contributed by atoms with van der Waals surface area (Å²) in [7, 11) is 1.74. The molecular formula is C13H23N5O2. The molecule has 0 spiro atoms. The first-order valence-electron chi connectivity index (χ1n) is 7.09. The highest BCUT2D eigenvalue weighted by molar-refractivity contribution is 5.79. The molecule has 2 rings (SSSR count). The second-order valence-corrected chi connectivity index (χ2v) is 4.95. The van der Waals surface area contributed by atoms with Crippen molar-refractivity contribution in [3.63, 3.8) is 0 Å². The van der Waals surface area contributed by atoms with Crippen molar-refractivity contribution in [1.29, 1.82) is 0 Å². The van der Waals surface area contributed by atoms with Gasteiger partial charge in [-0.1, -0.05) is 5.16 Å². The van der Waals surface area contributed by atoms with Crippen LogP contribution >= 0.6 is 0 Å². The molecule has 20 heavy (non-hydrogen) atoms. The Bertz CT molecular complexity index is 428. The van der Waals surface area contributed by atoms with Gasteiger partial charge in [0, 0.05) is 33.7 Å². The second-order valence-electron chi connectivity index (χ2n) is 4.95. The number of aromatic nitrogens is 2. The number of aliphatic imine (C=N–C) groups is 1. The first-order valence-corrected chi connectivity index (χ1v) is 7.09. The largest absolute Gasteiger partial charge is 0.381 e. The van der Waals surface area contributed by atoms with Crippen LogP contribution in [0.15, 0.2) is 9.52 Å². The standard InChI is InChI=1S/C13H23N5O2/c1-10-17-12(18-20-10)8-16-13(14-2)15-6-3-7-19-9-11-4-5-11/h11H,3-9H2,1-2H3,(H2,14,15,16). The molecule has 1 aromatic rings. The Hall–Kier alpha value is -1.63. The summed E-state index contributed by atoms with van der Waals surface area (Å²) in [6.07, 6.45) is 3.64. The Labute approximate surface area is 119 Å². The third-order valence-corrected chi connectivity index (χ3v) is 3.02. The molecule has 0 aromatic carbocycles. The van der Waals surface area contributed by atoms with E-state index in [4.69, 9.17) is 9.26 Å². The minimum absolute atomic E-state index is 0.495. The fourth-order valence-corrected chi connectivity index (χ4v) is 1.71. The molecule has 7 heteroatoms. The van der Waals surface area contributed by atoms with Crippen LogP contribution in [0.4, 0.5) is 0 Å². The van der Waals surface area contributed by atoms with Crippen molar-refractivity contribution < 1.29 is 9.26 Å². The van der Waals surface area contributed by atoms with E-state index >= 15 is 0 Å². The molecule has 1 fully saturated rings. The Morgan fingerprint density at radius 1 is 1.45 bits per heavy atom. The minimum atomic E-state index is 0.495. The molecule has 0 atom stereocenters. The number of ether oxygens (including phenoxy) is 1. The van der Waals surface area contributed by atoms with Crippen LogP contribution in [0.2, 0.25) is 0 Å². The summed E-state index contributed by atoms with van der Waals surface area (Å²) in [5.74, 6) is 2.75. The van der Waals surface area contributed by atoms with Crippen molar-refractivity contribution in [2.75, 3.05) is 26.8 Å². The van der Waals surface area contributed by atoms with E-state index in [1.807, 2.05) is 0 Å². The third kappa shape index (κ3) is 5.56. The van der Waals surface area contributed by atoms with Gasteiger partial charge < -0.3 is 19.9 Å². The van der Waals surface area contributed by atoms with Crippen molar-refractivity contribution in [3.8, 4) is 0 Å². The fraction of sp³-hybridized carbons (Fsp3) is 0.769. The van der Waals surface area contributed by atoms with E-state index in [9.17, 15) is 0 Å². The minimum Gasteiger partial charge on any atom is -0.381 e. The van der Waals surface area contributed by atoms with Gasteiger partial charge in [-0.2, -0.15) is 4.98 Å². The zero-order valence-corrected chi connectivity index (χ0v) is 12.2. The van der Waals surface area contributed by atoms with E-state index in [1.54, 1.807) is 14.0 Å². The summed E-state index contributed by atoms with van der Waals surface area (Å²) in [6.45, 7) is 4.81. The average molecular weight is 281 g/mol. The molecule has 1 aromatic heterocycles. The van der Waals surface area contributed by atoms with E-state index in [1.165, 1.54) is 12.8 Å². The van der Waals surface area contributed by atoms with Crippen molar-refractivity contribution in [1.82, 2.24) is 20.8 Å². The molecule has 1 aliphatic rings. The highest BCUT2D eigenvalue weighted by Gasteiger charge is 2.20. The quantitative estimate of drug-likeness (QED) is 0.418. The van der Waals surface area contributed by atoms with Gasteiger partial charge in [-0.05, 0) is 25.2 Å². The SMILES string of the molecule is CN=C(NCCCOCC1CC1)NCc1noc(C)n1. The van der Waals surface area contributed by atoms with Gasteiger partial charge in [0.1, 0.15) is 0 Å². The maximum atomic E-state index is 5.57. The van der Waals surface area contributed by atoms with Crippen molar-refractivity contribution in [3.05, 3.63) is 11.7 Å². The predicted octanol–water partition coefficient (Wildman–Crippen LogP) is 0.860. The number of nitrogens with zero attached hydrogens (tertiary/aromatic N) is 3. The lowest BCUT2D eigenvalue weighted by Gasteiger charge is -2.10. The first kappa shape index (κ1) is 14.8. The summed E-state index contributed by atoms with van der Waals surface area (Å²) in [6, 6.07) is 0. The van der Waals surface area contributed by atoms with Gasteiger partial charge in [0.05, 0.1) is 6.54 Å². The zero-order valence-electron chi connectivity index (χ0n) is 12.2. The highest BCUT2D eigenvalue weighted by Crippen LogP contribution is 2.28. The first-order chi connectivity index (χ1) is 9.78. The monoisotopic (exact) mass is 281 g/mol. The summed E-state index contributed by atoms with van der Waals surface area (Å²) in [4.78, 5) is 8.25. The van der Waals surface area contributed by atoms with E-state index in [0.29, 0.717) is 18.3 Å². The van der Waals surface area contributed by atoms with Crippen molar-refractivity contribution in [2.45, 2.75) is 32.7 Å². The molecule has 0 amide bonds. The molecule has 1 heterocycles. The lowest BCUT2D eigenvalue weighted by Crippen LogP contribution is -2.37. The molecule has 2 N–H and O–H groups in total. The van der Waals surface area contributed by atoms with E-state index in [-0.39, 0.29) is 0 Å². The van der Waals surface area contributed by atoms with Crippen LogP contribution in [0.5, 0.6) is 0 Å². The Morgan fingerprint density at radius 2 is 2.30 bits per heavy atom. The summed E-state index contributed by atoms with van der Waals surface area (Å²) in [5.41, 5.74) is 0. The lowest BCUT2D eigenvalue weighted by atomic mass is 10.4. The molecule has 112 valence electrons. The highest BCUT2D eigenvalue weighted by atomic mass is 16.5. The zero-order chi connectivity index (χ0) is 14.2. The van der Waals surface area contributed by atoms with E-state index in [2.05, 4.69) is 25.8 Å². The maximum Gasteiger partial charge on any atom is 0.223 e. The van der Waals surface area contributed by atoms with Crippen molar-refractivity contribution >= 4 is 5.96 Å². The van der Waals surface area contributed by atoms with E-state index < -0.39 is 0 Å². The van der Waals surface area contributed by atoms with Gasteiger partial charge in [-0.3, -0.25) is 4.99 Å². The topological polar surface area (TPSA) is 84.6 Å². The summed E-state index contributed by atoms with van der Waals surface area (Å²) in [5, 5.41) is 10.2. The van der Waals surface area contributed by atoms with Crippen LogP contribution in [0.25, 0.3) is 0 Å². The molecule has 0 saturated heterocycles. The van der Waals surface area contributed by atoms with Crippen LogP contribution in [-0.4, -0.2) is 42.9 Å². The summed E-state index contributed by atoms with van der Waals surface area (Å²) >= 11 is 0. The van der Waals surface area contributed by atoms with Crippen LogP contribution in [0.1, 0.15) is 31.0 Å². The second kappa shape index (κ2) is 7.84. The molecule has 0 radical (unpaired) electrons. The summed E-state index contributed by atoms with van der Waals surface area (Å²) < 4.78 is 10.5. The molecule has 1 aliphatic carbocycles. The Balaban J connectivity index is 1.52. The fourth-order valence-electron chi connectivity index (χ4n) is 1.71. The van der Waals surface area contributed by atoms with Crippen LogP contribution < -0.4 is 10.6 Å². The molecule has 0 aliphatic heterocycles. The van der Waals surface area contributed by atoms with Gasteiger partial charge in [0.2, 0.25) is 5.89 Å². The molecular weight excluding hydrogens is 258 g/mol. The number of hydrogen-bond donors (Lipinski definition) is 2. The molecule has 1 saturated carbocycles. The number of rotatable bonds is 8. The number of aryl methyl sites for hydroxylation is 1. The lowest BCUT2D eigenvalue weighted by molar-refractivity contribution is 0.123. The average Bonchev–Trinajstić information content (AvgIpc) is 3.18. The molecule has 7 nitrogen and oxygen atoms in total. The molecule has 0 bridgehead atoms. The van der Waals surface area contributed by atoms with Crippen LogP contribution in [0, 0.1) is 12.8 Å². The van der Waals surface area contributed by atoms with Gasteiger partial charge in [0.15, 0.2) is 11.8 Å². The third-order valence-electron chi connectivity index (χ3n) is 3.02. The smallest absolute Gasteiger partial charge is 0.223 e. The van der Waals surface area contributed by atoms with Crippen molar-refractivity contribution in [2.24, 2.45) is 10.9 Å². The predicted molar refractivity (Wildman–Crippen MR) is 75.4 cm³/mol. The maximum absolute atomic E-state index is 5.57.